The maximum absolute atomic E-state index is 5.27. The largest absolute Gasteiger partial charge is 0.497 e. The number of methoxy groups -OCH3 is 1. The fourth-order valence-electron chi connectivity index (χ4n) is 4.67. The summed E-state index contributed by atoms with van der Waals surface area (Å²) in [6, 6.07) is 9.60. The average Bonchev–Trinajstić information content (AvgIpc) is 2.63. The Hall–Kier alpha value is -1.02. The summed E-state index contributed by atoms with van der Waals surface area (Å²) in [4.78, 5) is 2.80. The van der Waals surface area contributed by atoms with E-state index in [2.05, 4.69) is 36.1 Å². The number of hydrogen-bond donors (Lipinski definition) is 0. The van der Waals surface area contributed by atoms with E-state index in [0.717, 1.165) is 23.6 Å². The highest BCUT2D eigenvalue weighted by Gasteiger charge is 2.29. The van der Waals surface area contributed by atoms with Crippen LogP contribution in [0.1, 0.15) is 69.8 Å². The van der Waals surface area contributed by atoms with E-state index in [-0.39, 0.29) is 0 Å². The Kier molecular flexibility index (Phi) is 5.99. The molecule has 0 radical (unpaired) electrons. The molecule has 1 aromatic rings. The molecule has 2 aliphatic rings. The number of hydrogen-bond acceptors (Lipinski definition) is 2. The van der Waals surface area contributed by atoms with Gasteiger partial charge in [-0.1, -0.05) is 31.9 Å². The van der Waals surface area contributed by atoms with E-state index in [1.165, 1.54) is 70.0 Å². The third kappa shape index (κ3) is 4.29. The van der Waals surface area contributed by atoms with Gasteiger partial charge in [0.05, 0.1) is 7.11 Å². The molecule has 128 valence electrons. The fraction of sp³-hybridized carbons (Fsp3) is 0.714. The minimum atomic E-state index is 0.759. The molecular weight excluding hydrogens is 282 g/mol. The maximum atomic E-state index is 5.27. The molecular formula is C21H33NO. The molecule has 1 aliphatic heterocycles. The van der Waals surface area contributed by atoms with Crippen molar-refractivity contribution < 1.29 is 4.74 Å². The van der Waals surface area contributed by atoms with Gasteiger partial charge in [0.25, 0.3) is 0 Å². The lowest BCUT2D eigenvalue weighted by Gasteiger charge is -2.41. The zero-order valence-corrected chi connectivity index (χ0v) is 15.0. The predicted octanol–water partition coefficient (Wildman–Crippen LogP) is 5.23. The van der Waals surface area contributed by atoms with Crippen LogP contribution in [0.25, 0.3) is 0 Å². The van der Waals surface area contributed by atoms with Crippen molar-refractivity contribution in [2.24, 2.45) is 5.92 Å². The number of likely N-dealkylation sites (tertiary alicyclic amines) is 1. The third-order valence-corrected chi connectivity index (χ3v) is 6.15. The van der Waals surface area contributed by atoms with Gasteiger partial charge in [0.1, 0.15) is 5.75 Å². The minimum Gasteiger partial charge on any atom is -0.497 e. The van der Waals surface area contributed by atoms with Gasteiger partial charge in [-0.3, -0.25) is 0 Å². The molecule has 3 rings (SSSR count). The van der Waals surface area contributed by atoms with Crippen molar-refractivity contribution in [2.45, 2.75) is 70.3 Å². The summed E-state index contributed by atoms with van der Waals surface area (Å²) < 4.78 is 5.27. The Morgan fingerprint density at radius 1 is 0.957 bits per heavy atom. The monoisotopic (exact) mass is 315 g/mol. The summed E-state index contributed by atoms with van der Waals surface area (Å²) in [5.74, 6) is 2.74. The zero-order valence-electron chi connectivity index (χ0n) is 15.0. The first-order valence-electron chi connectivity index (χ1n) is 9.68. The molecule has 0 bridgehead atoms. The predicted molar refractivity (Wildman–Crippen MR) is 97.2 cm³/mol. The summed E-state index contributed by atoms with van der Waals surface area (Å²) in [6.45, 7) is 5.03. The van der Waals surface area contributed by atoms with Gasteiger partial charge in [-0.15, -0.1) is 0 Å². The normalized spacial score (nSPS) is 27.0. The third-order valence-electron chi connectivity index (χ3n) is 6.15. The molecule has 0 amide bonds. The summed E-state index contributed by atoms with van der Waals surface area (Å²) in [5, 5.41) is 0. The lowest BCUT2D eigenvalue weighted by molar-refractivity contribution is 0.1000. The molecule has 23 heavy (non-hydrogen) atoms. The van der Waals surface area contributed by atoms with Gasteiger partial charge in [-0.25, -0.2) is 0 Å². The highest BCUT2D eigenvalue weighted by atomic mass is 16.5. The average molecular weight is 316 g/mol. The van der Waals surface area contributed by atoms with Crippen LogP contribution in [0.5, 0.6) is 5.75 Å². The van der Waals surface area contributed by atoms with E-state index >= 15 is 0 Å². The van der Waals surface area contributed by atoms with E-state index in [1.807, 2.05) is 0 Å². The first-order chi connectivity index (χ1) is 11.3. The highest BCUT2D eigenvalue weighted by Crippen LogP contribution is 2.36. The van der Waals surface area contributed by atoms with E-state index < -0.39 is 0 Å². The van der Waals surface area contributed by atoms with Crippen molar-refractivity contribution in [1.82, 2.24) is 4.90 Å². The van der Waals surface area contributed by atoms with E-state index in [0.29, 0.717) is 0 Å². The molecule has 2 nitrogen and oxygen atoms in total. The second kappa shape index (κ2) is 8.19. The Morgan fingerprint density at radius 3 is 2.17 bits per heavy atom. The fourth-order valence-corrected chi connectivity index (χ4v) is 4.67. The van der Waals surface area contributed by atoms with Crippen LogP contribution < -0.4 is 4.74 Å². The Balaban J connectivity index is 1.46. The SMILES string of the molecule is CCCC1CCN(C2CCC(c3ccc(OC)cc3)CC2)CC1. The summed E-state index contributed by atoms with van der Waals surface area (Å²) in [5.41, 5.74) is 1.51. The Bertz CT molecular complexity index is 453. The minimum absolute atomic E-state index is 0.759. The van der Waals surface area contributed by atoms with Gasteiger partial charge in [0, 0.05) is 6.04 Å². The second-order valence-corrected chi connectivity index (χ2v) is 7.55. The van der Waals surface area contributed by atoms with Crippen LogP contribution in [0.3, 0.4) is 0 Å². The van der Waals surface area contributed by atoms with Crippen molar-refractivity contribution in [2.75, 3.05) is 20.2 Å². The quantitative estimate of drug-likeness (QED) is 0.737. The van der Waals surface area contributed by atoms with Crippen LogP contribution >= 0.6 is 0 Å². The van der Waals surface area contributed by atoms with Crippen molar-refractivity contribution in [3.05, 3.63) is 29.8 Å². The molecule has 0 spiro atoms. The molecule has 0 N–H and O–H groups in total. The van der Waals surface area contributed by atoms with E-state index in [1.54, 1.807) is 7.11 Å². The summed E-state index contributed by atoms with van der Waals surface area (Å²) in [6.07, 6.45) is 11.1. The van der Waals surface area contributed by atoms with Crippen molar-refractivity contribution >= 4 is 0 Å². The standard InChI is InChI=1S/C21H33NO/c1-3-4-17-13-15-22(16-14-17)20-9-5-18(6-10-20)19-7-11-21(23-2)12-8-19/h7-8,11-12,17-18,20H,3-6,9-10,13-16H2,1-2H3. The molecule has 0 unspecified atom stereocenters. The molecule has 2 fully saturated rings. The van der Waals surface area contributed by atoms with Crippen LogP contribution in [0.4, 0.5) is 0 Å². The van der Waals surface area contributed by atoms with Gasteiger partial charge >= 0.3 is 0 Å². The molecule has 1 aromatic carbocycles. The van der Waals surface area contributed by atoms with Gasteiger partial charge in [0.15, 0.2) is 0 Å². The first kappa shape index (κ1) is 16.8. The molecule has 1 aliphatic carbocycles. The molecule has 1 saturated carbocycles. The first-order valence-corrected chi connectivity index (χ1v) is 9.68. The molecule has 1 saturated heterocycles. The van der Waals surface area contributed by atoms with E-state index in [9.17, 15) is 0 Å². The lowest BCUT2D eigenvalue weighted by atomic mass is 9.80. The molecule has 0 aromatic heterocycles. The zero-order chi connectivity index (χ0) is 16.1. The van der Waals surface area contributed by atoms with Crippen LogP contribution in [-0.4, -0.2) is 31.1 Å². The number of piperidine rings is 1. The number of rotatable bonds is 5. The van der Waals surface area contributed by atoms with Gasteiger partial charge in [0.2, 0.25) is 0 Å². The number of ether oxygens (including phenoxy) is 1. The molecule has 0 atom stereocenters. The Morgan fingerprint density at radius 2 is 1.61 bits per heavy atom. The summed E-state index contributed by atoms with van der Waals surface area (Å²) in [7, 11) is 1.74. The van der Waals surface area contributed by atoms with E-state index in [4.69, 9.17) is 4.74 Å². The van der Waals surface area contributed by atoms with Gasteiger partial charge in [-0.05, 0) is 81.1 Å². The smallest absolute Gasteiger partial charge is 0.118 e. The Labute approximate surface area is 142 Å². The van der Waals surface area contributed by atoms with Crippen LogP contribution in [0.15, 0.2) is 24.3 Å². The highest BCUT2D eigenvalue weighted by molar-refractivity contribution is 5.29. The van der Waals surface area contributed by atoms with Crippen LogP contribution in [0, 0.1) is 5.92 Å². The maximum Gasteiger partial charge on any atom is 0.118 e. The summed E-state index contributed by atoms with van der Waals surface area (Å²) >= 11 is 0. The lowest BCUT2D eigenvalue weighted by Crippen LogP contribution is -2.43. The number of nitrogens with zero attached hydrogens (tertiary/aromatic N) is 1. The second-order valence-electron chi connectivity index (χ2n) is 7.55. The molecule has 2 heteroatoms. The van der Waals surface area contributed by atoms with Crippen LogP contribution in [-0.2, 0) is 0 Å². The van der Waals surface area contributed by atoms with Crippen LogP contribution in [0.2, 0.25) is 0 Å². The molecule has 1 heterocycles. The van der Waals surface area contributed by atoms with Crippen molar-refractivity contribution in [1.29, 1.82) is 0 Å². The van der Waals surface area contributed by atoms with Gasteiger partial charge in [-0.2, -0.15) is 0 Å². The topological polar surface area (TPSA) is 12.5 Å². The number of benzene rings is 1. The van der Waals surface area contributed by atoms with Gasteiger partial charge < -0.3 is 9.64 Å². The van der Waals surface area contributed by atoms with Crippen molar-refractivity contribution in [3.8, 4) is 5.75 Å². The van der Waals surface area contributed by atoms with Crippen molar-refractivity contribution in [3.63, 3.8) is 0 Å².